The van der Waals surface area contributed by atoms with Crippen molar-refractivity contribution in [2.45, 2.75) is 25.4 Å². The fourth-order valence-corrected chi connectivity index (χ4v) is 4.02. The van der Waals surface area contributed by atoms with E-state index >= 15 is 0 Å². The predicted octanol–water partition coefficient (Wildman–Crippen LogP) is 3.36. The van der Waals surface area contributed by atoms with Gasteiger partial charge in [-0.3, -0.25) is 19.5 Å². The molecule has 0 bridgehead atoms. The van der Waals surface area contributed by atoms with Crippen LogP contribution in [0.1, 0.15) is 24.4 Å². The molecule has 144 valence electrons. The molecule has 1 saturated heterocycles. The third-order valence-corrected chi connectivity index (χ3v) is 5.82. The van der Waals surface area contributed by atoms with Gasteiger partial charge < -0.3 is 4.90 Å². The van der Waals surface area contributed by atoms with E-state index < -0.39 is 11.1 Å². The van der Waals surface area contributed by atoms with Gasteiger partial charge in [0.15, 0.2) is 0 Å². The summed E-state index contributed by atoms with van der Waals surface area (Å²) in [5.41, 5.74) is 0.110. The van der Waals surface area contributed by atoms with E-state index in [4.69, 9.17) is 23.2 Å². The molecule has 28 heavy (non-hydrogen) atoms. The minimum absolute atomic E-state index is 0.134. The lowest BCUT2D eigenvalue weighted by Gasteiger charge is -2.25. The van der Waals surface area contributed by atoms with E-state index in [1.165, 1.54) is 0 Å². The Bertz CT molecular complexity index is 1190. The maximum Gasteiger partial charge on any atom is 0.273 e. The molecule has 1 N–H and O–H groups in total. The molecule has 0 spiro atoms. The van der Waals surface area contributed by atoms with Gasteiger partial charge in [-0.05, 0) is 42.7 Å². The number of hydrogen-bond acceptors (Lipinski definition) is 3. The second kappa shape index (κ2) is 7.45. The van der Waals surface area contributed by atoms with Crippen molar-refractivity contribution in [1.29, 1.82) is 0 Å². The fourth-order valence-electron chi connectivity index (χ4n) is 3.72. The third-order valence-electron chi connectivity index (χ3n) is 5.08. The summed E-state index contributed by atoms with van der Waals surface area (Å²) in [6.45, 7) is 0.354. The van der Waals surface area contributed by atoms with Crippen molar-refractivity contribution >= 4 is 39.9 Å². The highest BCUT2D eigenvalue weighted by molar-refractivity contribution is 6.42. The number of rotatable bonds is 3. The van der Waals surface area contributed by atoms with Crippen LogP contribution in [0.15, 0.2) is 52.1 Å². The number of likely N-dealkylation sites (tertiary alicyclic amines) is 1. The Morgan fingerprint density at radius 3 is 2.57 bits per heavy atom. The second-order valence-electron chi connectivity index (χ2n) is 6.80. The average Bonchev–Trinajstić information content (AvgIpc) is 3.18. The van der Waals surface area contributed by atoms with Crippen LogP contribution in [0.4, 0.5) is 0 Å². The fraction of sp³-hybridized carbons (Fsp3) is 0.250. The molecule has 1 fully saturated rings. The lowest BCUT2D eigenvalue weighted by Crippen LogP contribution is -2.39. The maximum atomic E-state index is 12.9. The highest BCUT2D eigenvalue weighted by Crippen LogP contribution is 2.35. The van der Waals surface area contributed by atoms with Gasteiger partial charge in [-0.1, -0.05) is 41.4 Å². The van der Waals surface area contributed by atoms with E-state index in [2.05, 4.69) is 5.10 Å². The summed E-state index contributed by atoms with van der Waals surface area (Å²) in [6, 6.07) is 11.8. The van der Waals surface area contributed by atoms with Gasteiger partial charge in [-0.2, -0.15) is 0 Å². The van der Waals surface area contributed by atoms with Crippen LogP contribution in [-0.2, 0) is 11.3 Å². The van der Waals surface area contributed by atoms with Crippen LogP contribution in [0, 0.1) is 0 Å². The Kier molecular flexibility index (Phi) is 5.00. The summed E-state index contributed by atoms with van der Waals surface area (Å²) in [7, 11) is 0. The average molecular weight is 418 g/mol. The normalized spacial score (nSPS) is 16.6. The second-order valence-corrected chi connectivity index (χ2v) is 7.61. The van der Waals surface area contributed by atoms with E-state index in [1.807, 2.05) is 6.07 Å². The van der Waals surface area contributed by atoms with Crippen molar-refractivity contribution in [2.24, 2.45) is 0 Å². The quantitative estimate of drug-likeness (QED) is 0.709. The standard InChI is InChI=1S/C20H17Cl2N3O3/c21-15-8-7-12(10-16(15)22)17-6-3-9-24(17)18(26)11-25-20(28)14-5-2-1-4-13(14)19(27)23-25/h1-2,4-5,7-8,10,17H,3,6,9,11H2,(H,23,27). The number of nitrogens with one attached hydrogen (secondary N) is 1. The summed E-state index contributed by atoms with van der Waals surface area (Å²) in [5.74, 6) is -0.235. The molecule has 0 aliphatic carbocycles. The number of carbonyl (C=O) groups is 1. The summed E-state index contributed by atoms with van der Waals surface area (Å²) >= 11 is 12.1. The van der Waals surface area contributed by atoms with Crippen molar-refractivity contribution in [2.75, 3.05) is 6.54 Å². The molecule has 1 aliphatic heterocycles. The molecular formula is C20H17Cl2N3O3. The van der Waals surface area contributed by atoms with Crippen LogP contribution in [0.3, 0.4) is 0 Å². The summed E-state index contributed by atoms with van der Waals surface area (Å²) in [4.78, 5) is 39.6. The number of aromatic nitrogens is 2. The van der Waals surface area contributed by atoms with Crippen molar-refractivity contribution in [1.82, 2.24) is 14.7 Å². The summed E-state index contributed by atoms with van der Waals surface area (Å²) in [5, 5.41) is 4.01. The minimum atomic E-state index is -0.398. The molecule has 1 atom stereocenters. The molecule has 2 aromatic carbocycles. The highest BCUT2D eigenvalue weighted by atomic mass is 35.5. The molecule has 1 amide bonds. The van der Waals surface area contributed by atoms with E-state index in [-0.39, 0.29) is 18.5 Å². The smallest absolute Gasteiger partial charge is 0.273 e. The third kappa shape index (κ3) is 3.34. The Morgan fingerprint density at radius 1 is 1.07 bits per heavy atom. The number of H-pyrrole nitrogens is 1. The Labute approximate surface area is 170 Å². The zero-order chi connectivity index (χ0) is 19.8. The Hall–Kier alpha value is -2.57. The number of hydrogen-bond donors (Lipinski definition) is 1. The van der Waals surface area contributed by atoms with Crippen molar-refractivity contribution in [3.05, 3.63) is 78.8 Å². The van der Waals surface area contributed by atoms with E-state index in [9.17, 15) is 14.4 Å². The molecule has 1 aliphatic rings. The molecule has 1 unspecified atom stereocenters. The molecule has 6 nitrogen and oxygen atoms in total. The SMILES string of the molecule is O=C(Cn1[nH]c(=O)c2ccccc2c1=O)N1CCCC1c1ccc(Cl)c(Cl)c1. The monoisotopic (exact) mass is 417 g/mol. The lowest BCUT2D eigenvalue weighted by molar-refractivity contribution is -0.133. The summed E-state index contributed by atoms with van der Waals surface area (Å²) < 4.78 is 1.08. The molecule has 4 rings (SSSR count). The zero-order valence-electron chi connectivity index (χ0n) is 14.8. The number of halogens is 2. The Morgan fingerprint density at radius 2 is 1.82 bits per heavy atom. The first-order valence-electron chi connectivity index (χ1n) is 8.92. The first kappa shape index (κ1) is 18.8. The molecule has 3 aromatic rings. The van der Waals surface area contributed by atoms with Crippen molar-refractivity contribution in [3.63, 3.8) is 0 Å². The molecule has 2 heterocycles. The van der Waals surface area contributed by atoms with Gasteiger partial charge in [0.1, 0.15) is 6.54 Å². The van der Waals surface area contributed by atoms with Crippen LogP contribution in [0.25, 0.3) is 10.8 Å². The number of aromatic amines is 1. The molecule has 1 aromatic heterocycles. The lowest BCUT2D eigenvalue weighted by atomic mass is 10.0. The predicted molar refractivity (Wildman–Crippen MR) is 109 cm³/mol. The Balaban J connectivity index is 1.64. The number of nitrogens with zero attached hydrogens (tertiary/aromatic N) is 2. The maximum absolute atomic E-state index is 12.9. The summed E-state index contributed by atoms with van der Waals surface area (Å²) in [6.07, 6.45) is 1.65. The van der Waals surface area contributed by atoms with Gasteiger partial charge in [0.2, 0.25) is 5.91 Å². The number of carbonyl (C=O) groups excluding carboxylic acids is 1. The van der Waals surface area contributed by atoms with Gasteiger partial charge in [0, 0.05) is 6.54 Å². The van der Waals surface area contributed by atoms with Crippen LogP contribution in [0.5, 0.6) is 0 Å². The van der Waals surface area contributed by atoms with Gasteiger partial charge in [-0.15, -0.1) is 0 Å². The zero-order valence-corrected chi connectivity index (χ0v) is 16.3. The van der Waals surface area contributed by atoms with Gasteiger partial charge in [0.25, 0.3) is 11.1 Å². The molecular weight excluding hydrogens is 401 g/mol. The number of benzene rings is 2. The van der Waals surface area contributed by atoms with Crippen molar-refractivity contribution < 1.29 is 4.79 Å². The minimum Gasteiger partial charge on any atom is -0.334 e. The van der Waals surface area contributed by atoms with Crippen LogP contribution in [0.2, 0.25) is 10.0 Å². The van der Waals surface area contributed by atoms with E-state index in [0.717, 1.165) is 23.1 Å². The van der Waals surface area contributed by atoms with Crippen LogP contribution < -0.4 is 11.1 Å². The first-order valence-corrected chi connectivity index (χ1v) is 9.67. The van der Waals surface area contributed by atoms with Crippen LogP contribution >= 0.6 is 23.2 Å². The molecule has 0 radical (unpaired) electrons. The highest BCUT2D eigenvalue weighted by Gasteiger charge is 2.30. The van der Waals surface area contributed by atoms with Crippen molar-refractivity contribution in [3.8, 4) is 0 Å². The number of fused-ring (bicyclic) bond motifs is 1. The van der Waals surface area contributed by atoms with E-state index in [0.29, 0.717) is 27.4 Å². The number of amides is 1. The van der Waals surface area contributed by atoms with Gasteiger partial charge in [0.05, 0.1) is 26.9 Å². The van der Waals surface area contributed by atoms with Crippen LogP contribution in [-0.4, -0.2) is 27.1 Å². The van der Waals surface area contributed by atoms with E-state index in [1.54, 1.807) is 41.3 Å². The largest absolute Gasteiger partial charge is 0.334 e. The molecule has 0 saturated carbocycles. The topological polar surface area (TPSA) is 75.2 Å². The molecule has 8 heteroatoms. The first-order chi connectivity index (χ1) is 13.5. The van der Waals surface area contributed by atoms with Gasteiger partial charge >= 0.3 is 0 Å². The van der Waals surface area contributed by atoms with Gasteiger partial charge in [-0.25, -0.2) is 4.68 Å².